The van der Waals surface area contributed by atoms with Crippen molar-refractivity contribution in [1.82, 2.24) is 9.55 Å². The standard InChI is InChI=1S/C17H18FN3/c1-2-21-15-10-6-9-13(18)17(15)20-16(21)11-14(19)12-7-4-3-5-8-12/h3-10,14H,2,11,19H2,1H3. The monoisotopic (exact) mass is 283 g/mol. The van der Waals surface area contributed by atoms with E-state index in [-0.39, 0.29) is 11.9 Å². The van der Waals surface area contributed by atoms with E-state index in [0.717, 1.165) is 23.4 Å². The molecule has 1 unspecified atom stereocenters. The van der Waals surface area contributed by atoms with Crippen molar-refractivity contribution < 1.29 is 4.39 Å². The highest BCUT2D eigenvalue weighted by atomic mass is 19.1. The summed E-state index contributed by atoms with van der Waals surface area (Å²) < 4.78 is 15.9. The molecule has 0 fully saturated rings. The van der Waals surface area contributed by atoms with E-state index in [2.05, 4.69) is 4.98 Å². The van der Waals surface area contributed by atoms with Crippen molar-refractivity contribution in [1.29, 1.82) is 0 Å². The van der Waals surface area contributed by atoms with Gasteiger partial charge in [0.05, 0.1) is 5.52 Å². The summed E-state index contributed by atoms with van der Waals surface area (Å²) in [7, 11) is 0. The van der Waals surface area contributed by atoms with Gasteiger partial charge in [-0.1, -0.05) is 36.4 Å². The molecule has 3 nitrogen and oxygen atoms in total. The molecule has 0 radical (unpaired) electrons. The summed E-state index contributed by atoms with van der Waals surface area (Å²) in [5, 5.41) is 0. The molecule has 1 atom stereocenters. The van der Waals surface area contributed by atoms with E-state index >= 15 is 0 Å². The highest BCUT2D eigenvalue weighted by molar-refractivity contribution is 5.76. The molecule has 4 heteroatoms. The molecule has 0 spiro atoms. The highest BCUT2D eigenvalue weighted by Crippen LogP contribution is 2.22. The van der Waals surface area contributed by atoms with Gasteiger partial charge in [-0.15, -0.1) is 0 Å². The average molecular weight is 283 g/mol. The van der Waals surface area contributed by atoms with Gasteiger partial charge in [0.2, 0.25) is 0 Å². The Labute approximate surface area is 123 Å². The van der Waals surface area contributed by atoms with E-state index < -0.39 is 0 Å². The molecule has 1 aromatic heterocycles. The smallest absolute Gasteiger partial charge is 0.151 e. The molecule has 108 valence electrons. The minimum Gasteiger partial charge on any atom is -0.328 e. The largest absolute Gasteiger partial charge is 0.328 e. The van der Waals surface area contributed by atoms with Crippen molar-refractivity contribution in [2.24, 2.45) is 5.73 Å². The first kappa shape index (κ1) is 13.8. The molecule has 3 rings (SSSR count). The summed E-state index contributed by atoms with van der Waals surface area (Å²) in [5.41, 5.74) is 8.58. The number of halogens is 1. The average Bonchev–Trinajstić information content (AvgIpc) is 2.87. The minimum absolute atomic E-state index is 0.142. The van der Waals surface area contributed by atoms with Gasteiger partial charge in [0.25, 0.3) is 0 Å². The van der Waals surface area contributed by atoms with E-state index in [4.69, 9.17) is 5.73 Å². The van der Waals surface area contributed by atoms with E-state index in [1.54, 1.807) is 6.07 Å². The maximum Gasteiger partial charge on any atom is 0.151 e. The first-order chi connectivity index (χ1) is 10.2. The van der Waals surface area contributed by atoms with Crippen molar-refractivity contribution in [2.45, 2.75) is 25.9 Å². The topological polar surface area (TPSA) is 43.8 Å². The number of aryl methyl sites for hydroxylation is 1. The maximum absolute atomic E-state index is 13.9. The molecule has 0 saturated carbocycles. The van der Waals surface area contributed by atoms with Crippen molar-refractivity contribution in [3.63, 3.8) is 0 Å². The van der Waals surface area contributed by atoms with Gasteiger partial charge in [0.15, 0.2) is 5.82 Å². The van der Waals surface area contributed by atoms with Crippen LogP contribution in [0.4, 0.5) is 4.39 Å². The third-order valence-electron chi connectivity index (χ3n) is 3.76. The summed E-state index contributed by atoms with van der Waals surface area (Å²) in [6.45, 7) is 2.78. The molecular formula is C17H18FN3. The van der Waals surface area contributed by atoms with Gasteiger partial charge >= 0.3 is 0 Å². The number of hydrogen-bond acceptors (Lipinski definition) is 2. The number of nitrogens with two attached hydrogens (primary N) is 1. The van der Waals surface area contributed by atoms with Crippen LogP contribution in [0.25, 0.3) is 11.0 Å². The van der Waals surface area contributed by atoms with Crippen LogP contribution in [0.3, 0.4) is 0 Å². The summed E-state index contributed by atoms with van der Waals surface area (Å²) in [5.74, 6) is 0.545. The Bertz CT molecular complexity index is 749. The molecule has 0 saturated heterocycles. The first-order valence-corrected chi connectivity index (χ1v) is 7.15. The second-order valence-electron chi connectivity index (χ2n) is 5.10. The van der Waals surface area contributed by atoms with Crippen LogP contribution < -0.4 is 5.73 Å². The van der Waals surface area contributed by atoms with Crippen molar-refractivity contribution >= 4 is 11.0 Å². The Balaban J connectivity index is 1.99. The van der Waals surface area contributed by atoms with Crippen LogP contribution in [0, 0.1) is 5.82 Å². The van der Waals surface area contributed by atoms with Gasteiger partial charge in [-0.25, -0.2) is 9.37 Å². The third kappa shape index (κ3) is 2.54. The minimum atomic E-state index is -0.283. The fourth-order valence-corrected chi connectivity index (χ4v) is 2.68. The first-order valence-electron chi connectivity index (χ1n) is 7.15. The molecule has 0 aliphatic rings. The van der Waals surface area contributed by atoms with E-state index in [9.17, 15) is 4.39 Å². The zero-order valence-electron chi connectivity index (χ0n) is 12.0. The fraction of sp³-hybridized carbons (Fsp3) is 0.235. The molecule has 0 bridgehead atoms. The lowest BCUT2D eigenvalue weighted by Crippen LogP contribution is -2.16. The van der Waals surface area contributed by atoms with Crippen molar-refractivity contribution in [2.75, 3.05) is 0 Å². The van der Waals surface area contributed by atoms with E-state index in [1.807, 2.05) is 47.9 Å². The molecule has 1 heterocycles. The molecule has 0 amide bonds. The van der Waals surface area contributed by atoms with Crippen LogP contribution in [0.5, 0.6) is 0 Å². The SMILES string of the molecule is CCn1c(CC(N)c2ccccc2)nc2c(F)cccc21. The molecule has 21 heavy (non-hydrogen) atoms. The van der Waals surface area contributed by atoms with Gasteiger partial charge < -0.3 is 10.3 Å². The lowest BCUT2D eigenvalue weighted by atomic mass is 10.0. The van der Waals surface area contributed by atoms with Gasteiger partial charge in [-0.05, 0) is 24.6 Å². The Morgan fingerprint density at radius 2 is 1.90 bits per heavy atom. The van der Waals surface area contributed by atoms with Crippen LogP contribution in [0.15, 0.2) is 48.5 Å². The van der Waals surface area contributed by atoms with Crippen molar-refractivity contribution in [3.8, 4) is 0 Å². The Morgan fingerprint density at radius 3 is 2.62 bits per heavy atom. The lowest BCUT2D eigenvalue weighted by Gasteiger charge is -2.13. The number of nitrogens with zero attached hydrogens (tertiary/aromatic N) is 2. The number of fused-ring (bicyclic) bond motifs is 1. The lowest BCUT2D eigenvalue weighted by molar-refractivity contribution is 0.632. The Morgan fingerprint density at radius 1 is 1.14 bits per heavy atom. The quantitative estimate of drug-likeness (QED) is 0.797. The number of para-hydroxylation sites is 1. The van der Waals surface area contributed by atoms with E-state index in [1.165, 1.54) is 6.07 Å². The fourth-order valence-electron chi connectivity index (χ4n) is 2.68. The molecule has 0 aliphatic carbocycles. The number of imidazole rings is 1. The zero-order valence-corrected chi connectivity index (χ0v) is 12.0. The molecular weight excluding hydrogens is 265 g/mol. The number of aromatic nitrogens is 2. The second-order valence-corrected chi connectivity index (χ2v) is 5.10. The predicted molar refractivity (Wildman–Crippen MR) is 82.4 cm³/mol. The normalized spacial score (nSPS) is 12.7. The molecule has 2 N–H and O–H groups in total. The van der Waals surface area contributed by atoms with Gasteiger partial charge in [-0.2, -0.15) is 0 Å². The summed E-state index contributed by atoms with van der Waals surface area (Å²) in [6.07, 6.45) is 0.589. The summed E-state index contributed by atoms with van der Waals surface area (Å²) in [6, 6.07) is 14.8. The second kappa shape index (κ2) is 5.66. The van der Waals surface area contributed by atoms with E-state index in [0.29, 0.717) is 11.9 Å². The highest BCUT2D eigenvalue weighted by Gasteiger charge is 2.16. The van der Waals surface area contributed by atoms with Crippen LogP contribution in [-0.4, -0.2) is 9.55 Å². The molecule has 3 aromatic rings. The number of benzene rings is 2. The van der Waals surface area contributed by atoms with Gasteiger partial charge in [0, 0.05) is 19.0 Å². The van der Waals surface area contributed by atoms with Gasteiger partial charge in [-0.3, -0.25) is 0 Å². The van der Waals surface area contributed by atoms with Gasteiger partial charge in [0.1, 0.15) is 11.3 Å². The summed E-state index contributed by atoms with van der Waals surface area (Å²) in [4.78, 5) is 4.46. The predicted octanol–water partition coefficient (Wildman–Crippen LogP) is 3.44. The van der Waals surface area contributed by atoms with Crippen LogP contribution in [0.2, 0.25) is 0 Å². The van der Waals surface area contributed by atoms with Crippen LogP contribution in [0.1, 0.15) is 24.4 Å². The third-order valence-corrected chi connectivity index (χ3v) is 3.76. The number of rotatable bonds is 4. The van der Waals surface area contributed by atoms with Crippen molar-refractivity contribution in [3.05, 3.63) is 65.7 Å². The van der Waals surface area contributed by atoms with Crippen LogP contribution >= 0.6 is 0 Å². The zero-order chi connectivity index (χ0) is 14.8. The molecule has 0 aliphatic heterocycles. The number of hydrogen-bond donors (Lipinski definition) is 1. The molecule has 2 aromatic carbocycles. The Kier molecular flexibility index (Phi) is 3.71. The van der Waals surface area contributed by atoms with Crippen LogP contribution in [-0.2, 0) is 13.0 Å². The summed E-state index contributed by atoms with van der Waals surface area (Å²) >= 11 is 0. The maximum atomic E-state index is 13.9. The Hall–Kier alpha value is -2.20.